The van der Waals surface area contributed by atoms with Crippen LogP contribution in [-0.2, 0) is 0 Å². The largest absolute Gasteiger partial charge is 0.391 e. The molecule has 0 bridgehead atoms. The van der Waals surface area contributed by atoms with E-state index in [9.17, 15) is 9.90 Å². The first-order valence-corrected chi connectivity index (χ1v) is 8.50. The molecule has 19 heavy (non-hydrogen) atoms. The molecule has 4 nitrogen and oxygen atoms in total. The number of nitrogens with zero attached hydrogens (tertiary/aromatic N) is 1. The number of thioether (sulfide) groups is 1. The van der Waals surface area contributed by atoms with Gasteiger partial charge < -0.3 is 15.3 Å². The Balaban J connectivity index is 1.75. The monoisotopic (exact) mass is 286 g/mol. The minimum absolute atomic E-state index is 0.0121. The van der Waals surface area contributed by atoms with Crippen molar-refractivity contribution in [3.05, 3.63) is 0 Å². The molecule has 2 amide bonds. The Bertz CT molecular complexity index is 314. The normalized spacial score (nSPS) is 35.4. The summed E-state index contributed by atoms with van der Waals surface area (Å²) in [4.78, 5) is 13.9. The summed E-state index contributed by atoms with van der Waals surface area (Å²) in [5, 5.41) is 13.7. The molecule has 2 aliphatic rings. The van der Waals surface area contributed by atoms with Crippen molar-refractivity contribution in [3.8, 4) is 0 Å². The lowest BCUT2D eigenvalue weighted by Crippen LogP contribution is -2.51. The van der Waals surface area contributed by atoms with Crippen LogP contribution in [0.1, 0.15) is 39.5 Å². The summed E-state index contributed by atoms with van der Waals surface area (Å²) in [6, 6.07) is 0.339. The van der Waals surface area contributed by atoms with Crippen molar-refractivity contribution in [2.75, 3.05) is 18.8 Å². The van der Waals surface area contributed by atoms with E-state index >= 15 is 0 Å². The predicted molar refractivity (Wildman–Crippen MR) is 79.5 cm³/mol. The van der Waals surface area contributed by atoms with Gasteiger partial charge in [0, 0.05) is 24.4 Å². The van der Waals surface area contributed by atoms with Crippen LogP contribution in [-0.4, -0.2) is 52.3 Å². The van der Waals surface area contributed by atoms with Crippen molar-refractivity contribution < 1.29 is 9.90 Å². The number of β-amino-alcohol motifs (C(OH)–C–C–N with tert-alkyl or cyclic N) is 1. The molecule has 2 N–H and O–H groups in total. The molecule has 0 radical (unpaired) electrons. The number of carbonyl (C=O) groups excluding carboxylic acids is 1. The van der Waals surface area contributed by atoms with Gasteiger partial charge in [-0.1, -0.05) is 13.8 Å². The van der Waals surface area contributed by atoms with Crippen molar-refractivity contribution in [2.45, 2.75) is 56.9 Å². The molecule has 0 spiro atoms. The van der Waals surface area contributed by atoms with Crippen molar-refractivity contribution in [1.82, 2.24) is 10.2 Å². The first kappa shape index (κ1) is 15.0. The van der Waals surface area contributed by atoms with Gasteiger partial charge in [0.1, 0.15) is 0 Å². The number of rotatable bonds is 3. The van der Waals surface area contributed by atoms with E-state index in [4.69, 9.17) is 0 Å². The highest BCUT2D eigenvalue weighted by atomic mass is 32.2. The summed E-state index contributed by atoms with van der Waals surface area (Å²) in [7, 11) is 0. The molecule has 4 atom stereocenters. The Kier molecular flexibility index (Phi) is 5.39. The van der Waals surface area contributed by atoms with Crippen LogP contribution in [0.15, 0.2) is 0 Å². The quantitative estimate of drug-likeness (QED) is 0.835. The fourth-order valence-electron chi connectivity index (χ4n) is 2.96. The smallest absolute Gasteiger partial charge is 0.317 e. The standard InChI is InChI=1S/C14H26N2O2S/c1-3-19-12-5-4-11(8-12)15-14(18)16-7-6-10(2)13(17)9-16/h10-13,17H,3-9H2,1-2H3,(H,15,18). The molecule has 2 rings (SSSR count). The second kappa shape index (κ2) is 6.84. The van der Waals surface area contributed by atoms with Gasteiger partial charge in [-0.15, -0.1) is 0 Å². The molecular formula is C14H26N2O2S. The van der Waals surface area contributed by atoms with Gasteiger partial charge in [-0.05, 0) is 37.4 Å². The predicted octanol–water partition coefficient (Wildman–Crippen LogP) is 2.07. The van der Waals surface area contributed by atoms with E-state index in [2.05, 4.69) is 12.2 Å². The van der Waals surface area contributed by atoms with E-state index in [0.29, 0.717) is 23.8 Å². The molecular weight excluding hydrogens is 260 g/mol. The molecule has 0 aromatic rings. The Morgan fingerprint density at radius 1 is 1.42 bits per heavy atom. The van der Waals surface area contributed by atoms with Crippen LogP contribution < -0.4 is 5.32 Å². The maximum Gasteiger partial charge on any atom is 0.317 e. The Morgan fingerprint density at radius 2 is 2.21 bits per heavy atom. The van der Waals surface area contributed by atoms with Crippen LogP contribution in [0.25, 0.3) is 0 Å². The van der Waals surface area contributed by atoms with Gasteiger partial charge in [0.25, 0.3) is 0 Å². The van der Waals surface area contributed by atoms with E-state index in [-0.39, 0.29) is 12.1 Å². The molecule has 0 aromatic heterocycles. The maximum atomic E-state index is 12.2. The van der Waals surface area contributed by atoms with Crippen LogP contribution in [0.4, 0.5) is 4.79 Å². The van der Waals surface area contributed by atoms with Crippen LogP contribution in [0.2, 0.25) is 0 Å². The van der Waals surface area contributed by atoms with Gasteiger partial charge in [-0.3, -0.25) is 0 Å². The second-order valence-electron chi connectivity index (χ2n) is 5.82. The Hall–Kier alpha value is -0.420. The van der Waals surface area contributed by atoms with Gasteiger partial charge in [0.05, 0.1) is 6.10 Å². The number of amides is 2. The van der Waals surface area contributed by atoms with E-state index in [1.165, 1.54) is 6.42 Å². The first-order valence-electron chi connectivity index (χ1n) is 7.45. The lowest BCUT2D eigenvalue weighted by atomic mass is 9.96. The highest BCUT2D eigenvalue weighted by Crippen LogP contribution is 2.29. The average molecular weight is 286 g/mol. The minimum Gasteiger partial charge on any atom is -0.391 e. The van der Waals surface area contributed by atoms with E-state index in [0.717, 1.165) is 31.6 Å². The molecule has 1 aliphatic heterocycles. The molecule has 1 saturated carbocycles. The summed E-state index contributed by atoms with van der Waals surface area (Å²) in [6.07, 6.45) is 3.93. The number of hydrogen-bond donors (Lipinski definition) is 2. The molecule has 4 unspecified atom stereocenters. The third-order valence-corrected chi connectivity index (χ3v) is 5.55. The zero-order valence-electron chi connectivity index (χ0n) is 12.0. The van der Waals surface area contributed by atoms with Crippen molar-refractivity contribution in [3.63, 3.8) is 0 Å². The SMILES string of the molecule is CCSC1CCC(NC(=O)N2CCC(C)C(O)C2)C1. The fourth-order valence-corrected chi connectivity index (χ4v) is 4.10. The summed E-state index contributed by atoms with van der Waals surface area (Å²) < 4.78 is 0. The van der Waals surface area contributed by atoms with Gasteiger partial charge in [0.2, 0.25) is 0 Å². The summed E-state index contributed by atoms with van der Waals surface area (Å²) in [5.74, 6) is 1.46. The topological polar surface area (TPSA) is 52.6 Å². The zero-order chi connectivity index (χ0) is 13.8. The molecule has 1 heterocycles. The van der Waals surface area contributed by atoms with Gasteiger partial charge in [-0.2, -0.15) is 11.8 Å². The number of hydrogen-bond acceptors (Lipinski definition) is 3. The van der Waals surface area contributed by atoms with Gasteiger partial charge in [0.15, 0.2) is 0 Å². The van der Waals surface area contributed by atoms with E-state index in [1.807, 2.05) is 18.7 Å². The molecule has 2 fully saturated rings. The minimum atomic E-state index is -0.369. The zero-order valence-corrected chi connectivity index (χ0v) is 12.8. The second-order valence-corrected chi connectivity index (χ2v) is 7.39. The van der Waals surface area contributed by atoms with Crippen LogP contribution in [0, 0.1) is 5.92 Å². The van der Waals surface area contributed by atoms with Crippen molar-refractivity contribution in [1.29, 1.82) is 0 Å². The van der Waals surface area contributed by atoms with Gasteiger partial charge in [-0.25, -0.2) is 4.79 Å². The van der Waals surface area contributed by atoms with Crippen molar-refractivity contribution >= 4 is 17.8 Å². The van der Waals surface area contributed by atoms with Gasteiger partial charge >= 0.3 is 6.03 Å². The number of aliphatic hydroxyl groups is 1. The Labute approximate surface area is 120 Å². The lowest BCUT2D eigenvalue weighted by molar-refractivity contribution is 0.0430. The van der Waals surface area contributed by atoms with Crippen molar-refractivity contribution in [2.24, 2.45) is 5.92 Å². The number of aliphatic hydroxyl groups excluding tert-OH is 1. The molecule has 1 aliphatic carbocycles. The fraction of sp³-hybridized carbons (Fsp3) is 0.929. The number of urea groups is 1. The Morgan fingerprint density at radius 3 is 2.89 bits per heavy atom. The van der Waals surface area contributed by atoms with Crippen LogP contribution >= 0.6 is 11.8 Å². The molecule has 1 saturated heterocycles. The third kappa shape index (κ3) is 4.02. The van der Waals surface area contributed by atoms with E-state index < -0.39 is 0 Å². The highest BCUT2D eigenvalue weighted by Gasteiger charge is 2.30. The molecule has 5 heteroatoms. The summed E-state index contributed by atoms with van der Waals surface area (Å²) in [5.41, 5.74) is 0. The first-order chi connectivity index (χ1) is 9.10. The highest BCUT2D eigenvalue weighted by molar-refractivity contribution is 7.99. The molecule has 110 valence electrons. The third-order valence-electron chi connectivity index (χ3n) is 4.32. The van der Waals surface area contributed by atoms with E-state index in [1.54, 1.807) is 4.90 Å². The molecule has 0 aromatic carbocycles. The number of nitrogens with one attached hydrogen (secondary N) is 1. The van der Waals surface area contributed by atoms with Crippen LogP contribution in [0.3, 0.4) is 0 Å². The van der Waals surface area contributed by atoms with Crippen LogP contribution in [0.5, 0.6) is 0 Å². The summed E-state index contributed by atoms with van der Waals surface area (Å²) >= 11 is 2.00. The summed E-state index contributed by atoms with van der Waals surface area (Å²) in [6.45, 7) is 5.48. The number of likely N-dealkylation sites (tertiary alicyclic amines) is 1. The number of piperidine rings is 1. The lowest BCUT2D eigenvalue weighted by Gasteiger charge is -2.34. The average Bonchev–Trinajstić information content (AvgIpc) is 2.80. The number of carbonyl (C=O) groups is 1. The maximum absolute atomic E-state index is 12.2.